The molecule has 1 nitrogen and oxygen atoms in total. The van der Waals surface area contributed by atoms with E-state index in [1.807, 2.05) is 45.0 Å². The Morgan fingerprint density at radius 3 is 2.16 bits per heavy atom. The third-order valence-corrected chi connectivity index (χ3v) is 3.68. The van der Waals surface area contributed by atoms with Crippen LogP contribution in [-0.2, 0) is 0 Å². The predicted molar refractivity (Wildman–Crippen MR) is 77.8 cm³/mol. The van der Waals surface area contributed by atoms with E-state index < -0.39 is 6.04 Å². The number of halogens is 1. The molecule has 2 N–H and O–H groups in total. The minimum Gasteiger partial charge on any atom is -0.320 e. The average molecular weight is 257 g/mol. The van der Waals surface area contributed by atoms with Crippen molar-refractivity contribution >= 4 is 0 Å². The fourth-order valence-corrected chi connectivity index (χ4v) is 2.45. The number of nitrogens with two attached hydrogens (primary N) is 1. The van der Waals surface area contributed by atoms with Crippen LogP contribution in [0.25, 0.3) is 0 Å². The van der Waals surface area contributed by atoms with Gasteiger partial charge in [0.1, 0.15) is 5.82 Å². The van der Waals surface area contributed by atoms with Crippen LogP contribution in [0.4, 0.5) is 4.39 Å². The van der Waals surface area contributed by atoms with Gasteiger partial charge >= 0.3 is 0 Å². The van der Waals surface area contributed by atoms with Gasteiger partial charge in [-0.15, -0.1) is 0 Å². The second kappa shape index (κ2) is 5.14. The molecule has 0 radical (unpaired) electrons. The Balaban J connectivity index is 2.49. The molecule has 2 aromatic carbocycles. The lowest BCUT2D eigenvalue weighted by atomic mass is 9.92. The highest BCUT2D eigenvalue weighted by atomic mass is 19.1. The molecule has 0 heterocycles. The van der Waals surface area contributed by atoms with Crippen LogP contribution in [0.15, 0.2) is 30.3 Å². The molecule has 0 aliphatic rings. The van der Waals surface area contributed by atoms with Gasteiger partial charge in [-0.3, -0.25) is 0 Å². The molecule has 19 heavy (non-hydrogen) atoms. The highest BCUT2D eigenvalue weighted by Gasteiger charge is 2.17. The van der Waals surface area contributed by atoms with Gasteiger partial charge in [-0.1, -0.05) is 24.3 Å². The Morgan fingerprint density at radius 2 is 1.58 bits per heavy atom. The van der Waals surface area contributed by atoms with Gasteiger partial charge in [0.25, 0.3) is 0 Å². The number of benzene rings is 2. The summed E-state index contributed by atoms with van der Waals surface area (Å²) >= 11 is 0. The summed E-state index contributed by atoms with van der Waals surface area (Å²) in [5.41, 5.74) is 12.0. The summed E-state index contributed by atoms with van der Waals surface area (Å²) < 4.78 is 14.1. The summed E-state index contributed by atoms with van der Waals surface area (Å²) in [6.45, 7) is 7.90. The van der Waals surface area contributed by atoms with Crippen molar-refractivity contribution in [3.8, 4) is 0 Å². The summed E-state index contributed by atoms with van der Waals surface area (Å²) in [6, 6.07) is 9.15. The summed E-state index contributed by atoms with van der Waals surface area (Å²) in [5.74, 6) is -0.219. The van der Waals surface area contributed by atoms with Gasteiger partial charge in [-0.2, -0.15) is 0 Å². The number of hydrogen-bond donors (Lipinski definition) is 1. The average Bonchev–Trinajstić information content (AvgIpc) is 2.31. The first kappa shape index (κ1) is 13.8. The molecule has 100 valence electrons. The second-order valence-corrected chi connectivity index (χ2v) is 5.30. The van der Waals surface area contributed by atoms with E-state index in [1.54, 1.807) is 6.07 Å². The highest BCUT2D eigenvalue weighted by Crippen LogP contribution is 2.27. The monoisotopic (exact) mass is 257 g/mol. The highest BCUT2D eigenvalue weighted by molar-refractivity contribution is 5.41. The molecule has 0 amide bonds. The topological polar surface area (TPSA) is 26.0 Å². The van der Waals surface area contributed by atoms with Gasteiger partial charge in [-0.05, 0) is 61.6 Å². The molecule has 0 saturated carbocycles. The third-order valence-electron chi connectivity index (χ3n) is 3.68. The van der Waals surface area contributed by atoms with Crippen LogP contribution in [0, 0.1) is 33.5 Å². The summed E-state index contributed by atoms with van der Waals surface area (Å²) in [7, 11) is 0. The minimum absolute atomic E-state index is 0.219. The molecule has 0 bridgehead atoms. The van der Waals surface area contributed by atoms with Gasteiger partial charge in [0.05, 0.1) is 6.04 Å². The van der Waals surface area contributed by atoms with Crippen molar-refractivity contribution in [2.24, 2.45) is 5.73 Å². The fraction of sp³-hybridized carbons (Fsp3) is 0.294. The van der Waals surface area contributed by atoms with E-state index in [0.29, 0.717) is 5.56 Å². The van der Waals surface area contributed by atoms with E-state index in [-0.39, 0.29) is 5.82 Å². The Labute approximate surface area is 114 Å². The smallest absolute Gasteiger partial charge is 0.128 e. The molecule has 2 rings (SSSR count). The first-order chi connectivity index (χ1) is 8.90. The molecule has 0 aliphatic carbocycles. The van der Waals surface area contributed by atoms with E-state index in [9.17, 15) is 4.39 Å². The van der Waals surface area contributed by atoms with Gasteiger partial charge in [0.2, 0.25) is 0 Å². The largest absolute Gasteiger partial charge is 0.320 e. The zero-order chi connectivity index (χ0) is 14.2. The number of aryl methyl sites for hydroxylation is 4. The normalized spacial score (nSPS) is 12.5. The van der Waals surface area contributed by atoms with E-state index in [0.717, 1.165) is 16.7 Å². The van der Waals surface area contributed by atoms with Crippen molar-refractivity contribution in [2.45, 2.75) is 33.7 Å². The molecule has 0 saturated heterocycles. The summed E-state index contributed by atoms with van der Waals surface area (Å²) in [5, 5.41) is 0. The molecule has 2 aromatic rings. The first-order valence-electron chi connectivity index (χ1n) is 6.49. The second-order valence-electron chi connectivity index (χ2n) is 5.30. The number of rotatable bonds is 2. The maximum atomic E-state index is 14.1. The van der Waals surface area contributed by atoms with Crippen LogP contribution in [-0.4, -0.2) is 0 Å². The molecule has 0 spiro atoms. The van der Waals surface area contributed by atoms with Crippen LogP contribution in [0.3, 0.4) is 0 Å². The van der Waals surface area contributed by atoms with Crippen LogP contribution in [0.2, 0.25) is 0 Å². The molecule has 1 atom stereocenters. The van der Waals surface area contributed by atoms with Gasteiger partial charge in [0, 0.05) is 5.56 Å². The third kappa shape index (κ3) is 2.69. The lowest BCUT2D eigenvalue weighted by Gasteiger charge is -2.18. The van der Waals surface area contributed by atoms with Gasteiger partial charge < -0.3 is 5.73 Å². The Hall–Kier alpha value is -1.67. The quantitative estimate of drug-likeness (QED) is 0.861. The maximum Gasteiger partial charge on any atom is 0.128 e. The Kier molecular flexibility index (Phi) is 3.72. The number of hydrogen-bond acceptors (Lipinski definition) is 1. The van der Waals surface area contributed by atoms with Crippen molar-refractivity contribution in [3.63, 3.8) is 0 Å². The molecular weight excluding hydrogens is 237 g/mol. The van der Waals surface area contributed by atoms with E-state index in [4.69, 9.17) is 5.73 Å². The lowest BCUT2D eigenvalue weighted by molar-refractivity contribution is 0.596. The van der Waals surface area contributed by atoms with Gasteiger partial charge in [-0.25, -0.2) is 4.39 Å². The fourth-order valence-electron chi connectivity index (χ4n) is 2.45. The Morgan fingerprint density at radius 1 is 0.895 bits per heavy atom. The zero-order valence-corrected chi connectivity index (χ0v) is 11.9. The van der Waals surface area contributed by atoms with E-state index >= 15 is 0 Å². The van der Waals surface area contributed by atoms with Gasteiger partial charge in [0.15, 0.2) is 0 Å². The molecule has 0 fully saturated rings. The van der Waals surface area contributed by atoms with E-state index in [1.165, 1.54) is 11.1 Å². The molecule has 0 aliphatic heterocycles. The minimum atomic E-state index is -0.417. The lowest BCUT2D eigenvalue weighted by Crippen LogP contribution is -2.15. The van der Waals surface area contributed by atoms with E-state index in [2.05, 4.69) is 6.92 Å². The van der Waals surface area contributed by atoms with Crippen molar-refractivity contribution in [3.05, 3.63) is 69.5 Å². The predicted octanol–water partition coefficient (Wildman–Crippen LogP) is 4.11. The van der Waals surface area contributed by atoms with Crippen LogP contribution in [0.5, 0.6) is 0 Å². The van der Waals surface area contributed by atoms with Crippen molar-refractivity contribution in [2.75, 3.05) is 0 Å². The van der Waals surface area contributed by atoms with Crippen LogP contribution >= 0.6 is 0 Å². The van der Waals surface area contributed by atoms with Crippen molar-refractivity contribution < 1.29 is 4.39 Å². The SMILES string of the molecule is Cc1cc(C)c(C(N)c2ccc(C)c(C)c2)c(F)c1. The molecule has 0 aromatic heterocycles. The summed E-state index contributed by atoms with van der Waals surface area (Å²) in [6.07, 6.45) is 0. The van der Waals surface area contributed by atoms with Crippen molar-refractivity contribution in [1.82, 2.24) is 0 Å². The zero-order valence-electron chi connectivity index (χ0n) is 11.9. The Bertz CT molecular complexity index is 594. The maximum absolute atomic E-state index is 14.1. The van der Waals surface area contributed by atoms with Crippen LogP contribution in [0.1, 0.15) is 39.4 Å². The first-order valence-corrected chi connectivity index (χ1v) is 6.49. The van der Waals surface area contributed by atoms with Crippen LogP contribution < -0.4 is 5.73 Å². The summed E-state index contributed by atoms with van der Waals surface area (Å²) in [4.78, 5) is 0. The van der Waals surface area contributed by atoms with Crippen molar-refractivity contribution in [1.29, 1.82) is 0 Å². The molecule has 2 heteroatoms. The molecule has 1 unspecified atom stereocenters. The standard InChI is InChI=1S/C17H20FN/c1-10-7-13(4)16(15(18)8-10)17(19)14-6-5-11(2)12(3)9-14/h5-9,17H,19H2,1-4H3. The molecular formula is C17H20FN.